The summed E-state index contributed by atoms with van der Waals surface area (Å²) < 4.78 is 4.92. The second kappa shape index (κ2) is 11.9. The van der Waals surface area contributed by atoms with E-state index in [0.717, 1.165) is 6.54 Å². The zero-order valence-corrected chi connectivity index (χ0v) is 14.7. The maximum atomic E-state index is 12.1. The smallest absolute Gasteiger partial charge is 0.253 e. The van der Waals surface area contributed by atoms with Gasteiger partial charge in [0.2, 0.25) is 0 Å². The number of rotatable bonds is 9. The highest BCUT2D eigenvalue weighted by Crippen LogP contribution is 2.08. The maximum Gasteiger partial charge on any atom is 0.253 e. The van der Waals surface area contributed by atoms with Crippen molar-refractivity contribution in [2.24, 2.45) is 0 Å². The molecule has 0 atom stereocenters. The number of halogens is 1. The van der Waals surface area contributed by atoms with Crippen LogP contribution in [0.3, 0.4) is 0 Å². The molecule has 1 rings (SSSR count). The molecule has 0 bridgehead atoms. The molecule has 1 aromatic rings. The van der Waals surface area contributed by atoms with Crippen molar-refractivity contribution in [2.75, 3.05) is 46.9 Å². The van der Waals surface area contributed by atoms with Gasteiger partial charge in [-0.05, 0) is 25.1 Å². The van der Waals surface area contributed by atoms with Crippen LogP contribution in [0.15, 0.2) is 24.3 Å². The van der Waals surface area contributed by atoms with E-state index in [0.29, 0.717) is 37.4 Å². The van der Waals surface area contributed by atoms with Gasteiger partial charge in [-0.2, -0.15) is 0 Å². The lowest BCUT2D eigenvalue weighted by Crippen LogP contribution is -2.33. The molecule has 0 spiro atoms. The minimum atomic E-state index is -0.178. The summed E-state index contributed by atoms with van der Waals surface area (Å²) in [5, 5.41) is 5.96. The van der Waals surface area contributed by atoms with Crippen molar-refractivity contribution in [3.8, 4) is 0 Å². The lowest BCUT2D eigenvalue weighted by atomic mass is 10.1. The lowest BCUT2D eigenvalue weighted by molar-refractivity contribution is 0.0802. The highest BCUT2D eigenvalue weighted by atomic mass is 35.5. The molecule has 23 heavy (non-hydrogen) atoms. The molecule has 1 aromatic carbocycles. The fourth-order valence-electron chi connectivity index (χ4n) is 1.82. The molecular weight excluding hydrogens is 318 g/mol. The molecule has 2 amide bonds. The first-order valence-electron chi connectivity index (χ1n) is 7.43. The van der Waals surface area contributed by atoms with E-state index in [1.807, 2.05) is 6.92 Å². The fourth-order valence-corrected chi connectivity index (χ4v) is 1.82. The van der Waals surface area contributed by atoms with Gasteiger partial charge in [0.25, 0.3) is 11.8 Å². The first-order valence-corrected chi connectivity index (χ1v) is 7.43. The third kappa shape index (κ3) is 7.45. The van der Waals surface area contributed by atoms with E-state index >= 15 is 0 Å². The Kier molecular flexibility index (Phi) is 11.0. The summed E-state index contributed by atoms with van der Waals surface area (Å²) in [5.41, 5.74) is 1.02. The second-order valence-electron chi connectivity index (χ2n) is 4.90. The van der Waals surface area contributed by atoms with Gasteiger partial charge in [0.1, 0.15) is 0 Å². The molecule has 6 nitrogen and oxygen atoms in total. The summed E-state index contributed by atoms with van der Waals surface area (Å²) in [4.78, 5) is 25.8. The Bertz CT molecular complexity index is 497. The standard InChI is InChI=1S/C16H25N3O3.ClH/c1-4-19(2)16(21)14-7-5-6-13(12-14)15(20)18-9-8-17-10-11-22-3;/h5-7,12,17H,4,8-11H2,1-3H3,(H,18,20);1H. The topological polar surface area (TPSA) is 70.7 Å². The molecule has 0 aromatic heterocycles. The number of ether oxygens (including phenoxy) is 1. The molecule has 130 valence electrons. The highest BCUT2D eigenvalue weighted by Gasteiger charge is 2.12. The van der Waals surface area contributed by atoms with Gasteiger partial charge in [-0.1, -0.05) is 6.07 Å². The van der Waals surface area contributed by atoms with Crippen molar-refractivity contribution in [1.29, 1.82) is 0 Å². The minimum absolute atomic E-state index is 0. The molecule has 2 N–H and O–H groups in total. The Hall–Kier alpha value is -1.63. The molecule has 0 aliphatic rings. The summed E-state index contributed by atoms with van der Waals surface area (Å²) in [5.74, 6) is -0.263. The summed E-state index contributed by atoms with van der Waals surface area (Å²) >= 11 is 0. The largest absolute Gasteiger partial charge is 0.383 e. The summed E-state index contributed by atoms with van der Waals surface area (Å²) in [6, 6.07) is 6.78. The highest BCUT2D eigenvalue weighted by molar-refractivity contribution is 5.99. The fraction of sp³-hybridized carbons (Fsp3) is 0.500. The average Bonchev–Trinajstić information content (AvgIpc) is 2.56. The maximum absolute atomic E-state index is 12.1. The predicted molar refractivity (Wildman–Crippen MR) is 93.4 cm³/mol. The van der Waals surface area contributed by atoms with Gasteiger partial charge in [0, 0.05) is 51.5 Å². The van der Waals surface area contributed by atoms with Crippen LogP contribution in [0.2, 0.25) is 0 Å². The average molecular weight is 344 g/mol. The molecule has 7 heteroatoms. The van der Waals surface area contributed by atoms with Gasteiger partial charge in [-0.3, -0.25) is 9.59 Å². The third-order valence-corrected chi connectivity index (χ3v) is 3.26. The Balaban J connectivity index is 0.00000484. The van der Waals surface area contributed by atoms with Crippen molar-refractivity contribution in [3.63, 3.8) is 0 Å². The van der Waals surface area contributed by atoms with Gasteiger partial charge < -0.3 is 20.3 Å². The van der Waals surface area contributed by atoms with Crippen molar-refractivity contribution < 1.29 is 14.3 Å². The van der Waals surface area contributed by atoms with Gasteiger partial charge in [-0.15, -0.1) is 12.4 Å². The van der Waals surface area contributed by atoms with Gasteiger partial charge >= 0.3 is 0 Å². The Morgan fingerprint density at radius 3 is 2.52 bits per heavy atom. The van der Waals surface area contributed by atoms with E-state index in [1.54, 1.807) is 43.3 Å². The van der Waals surface area contributed by atoms with Crippen molar-refractivity contribution >= 4 is 24.2 Å². The van der Waals surface area contributed by atoms with Crippen LogP contribution in [-0.2, 0) is 4.74 Å². The first kappa shape index (κ1) is 21.4. The summed E-state index contributed by atoms with van der Waals surface area (Å²) in [7, 11) is 3.38. The van der Waals surface area contributed by atoms with Crippen molar-refractivity contribution in [2.45, 2.75) is 6.92 Å². The van der Waals surface area contributed by atoms with E-state index in [9.17, 15) is 9.59 Å². The van der Waals surface area contributed by atoms with E-state index in [-0.39, 0.29) is 24.2 Å². The molecule has 0 fully saturated rings. The zero-order chi connectivity index (χ0) is 16.4. The van der Waals surface area contributed by atoms with E-state index in [2.05, 4.69) is 10.6 Å². The van der Waals surface area contributed by atoms with Crippen molar-refractivity contribution in [3.05, 3.63) is 35.4 Å². The molecule has 0 saturated heterocycles. The van der Waals surface area contributed by atoms with E-state index in [4.69, 9.17) is 4.74 Å². The molecule has 0 radical (unpaired) electrons. The lowest BCUT2D eigenvalue weighted by Gasteiger charge is -2.15. The van der Waals surface area contributed by atoms with Crippen LogP contribution in [0.5, 0.6) is 0 Å². The SMILES string of the molecule is CCN(C)C(=O)c1cccc(C(=O)NCCNCCOC)c1.Cl. The number of carbonyl (C=O) groups is 2. The number of methoxy groups -OCH3 is 1. The Morgan fingerprint density at radius 1 is 1.17 bits per heavy atom. The minimum Gasteiger partial charge on any atom is -0.383 e. The van der Waals surface area contributed by atoms with E-state index in [1.165, 1.54) is 0 Å². The van der Waals surface area contributed by atoms with E-state index < -0.39 is 0 Å². The van der Waals surface area contributed by atoms with Crippen molar-refractivity contribution in [1.82, 2.24) is 15.5 Å². The molecule has 0 saturated carbocycles. The van der Waals surface area contributed by atoms with Crippen LogP contribution in [0.4, 0.5) is 0 Å². The number of hydrogen-bond donors (Lipinski definition) is 2. The second-order valence-corrected chi connectivity index (χ2v) is 4.90. The molecule has 0 heterocycles. The summed E-state index contributed by atoms with van der Waals surface area (Å²) in [6.45, 7) is 5.12. The number of carbonyl (C=O) groups excluding carboxylic acids is 2. The predicted octanol–water partition coefficient (Wildman–Crippen LogP) is 1.17. The number of nitrogens with one attached hydrogen (secondary N) is 2. The van der Waals surface area contributed by atoms with Crippen LogP contribution in [0.1, 0.15) is 27.6 Å². The van der Waals surface area contributed by atoms with Crippen LogP contribution in [-0.4, -0.2) is 63.7 Å². The summed E-state index contributed by atoms with van der Waals surface area (Å²) in [6.07, 6.45) is 0. The monoisotopic (exact) mass is 343 g/mol. The number of hydrogen-bond acceptors (Lipinski definition) is 4. The molecule has 0 aliphatic carbocycles. The van der Waals surface area contributed by atoms with Gasteiger partial charge in [-0.25, -0.2) is 0 Å². The molecular formula is C16H26ClN3O3. The quantitative estimate of drug-likeness (QED) is 0.660. The van der Waals surface area contributed by atoms with Crippen LogP contribution in [0, 0.1) is 0 Å². The van der Waals surface area contributed by atoms with Crippen LogP contribution in [0.25, 0.3) is 0 Å². The zero-order valence-electron chi connectivity index (χ0n) is 13.9. The van der Waals surface area contributed by atoms with Gasteiger partial charge in [0.05, 0.1) is 6.61 Å². The number of amides is 2. The van der Waals surface area contributed by atoms with Gasteiger partial charge in [0.15, 0.2) is 0 Å². The Labute approximate surface area is 144 Å². The number of benzene rings is 1. The third-order valence-electron chi connectivity index (χ3n) is 3.26. The normalized spacial score (nSPS) is 9.87. The molecule has 0 aliphatic heterocycles. The molecule has 0 unspecified atom stereocenters. The van der Waals surface area contributed by atoms with Crippen LogP contribution >= 0.6 is 12.4 Å². The van der Waals surface area contributed by atoms with Crippen LogP contribution < -0.4 is 10.6 Å². The first-order chi connectivity index (χ1) is 10.6. The number of nitrogens with zero attached hydrogens (tertiary/aromatic N) is 1. The Morgan fingerprint density at radius 2 is 1.87 bits per heavy atom.